The number of benzene rings is 3. The number of esters is 1. The van der Waals surface area contributed by atoms with E-state index in [1.165, 1.54) is 0 Å². The molecule has 0 saturated heterocycles. The van der Waals surface area contributed by atoms with E-state index in [0.717, 1.165) is 5.56 Å². The Kier molecular flexibility index (Phi) is 6.31. The number of carbonyl (C=O) groups excluding carboxylic acids is 3. The summed E-state index contributed by atoms with van der Waals surface area (Å²) in [7, 11) is 0. The number of hydrogen-bond acceptors (Lipinski definition) is 4. The number of amides is 1. The monoisotopic (exact) mass is 373 g/mol. The molecular weight excluding hydrogens is 354 g/mol. The Bertz CT molecular complexity index is 940. The fraction of sp³-hybridized carbons (Fsp3) is 0.0870. The van der Waals surface area contributed by atoms with Gasteiger partial charge in [-0.05, 0) is 17.7 Å². The molecule has 0 saturated carbocycles. The Morgan fingerprint density at radius 1 is 0.714 bits per heavy atom. The molecule has 28 heavy (non-hydrogen) atoms. The average molecular weight is 373 g/mol. The topological polar surface area (TPSA) is 72.5 Å². The molecule has 0 aromatic heterocycles. The van der Waals surface area contributed by atoms with Crippen molar-refractivity contribution in [1.29, 1.82) is 0 Å². The van der Waals surface area contributed by atoms with E-state index in [9.17, 15) is 14.4 Å². The van der Waals surface area contributed by atoms with Crippen LogP contribution >= 0.6 is 0 Å². The van der Waals surface area contributed by atoms with Crippen molar-refractivity contribution in [3.8, 4) is 0 Å². The third kappa shape index (κ3) is 4.92. The van der Waals surface area contributed by atoms with Crippen LogP contribution in [-0.4, -0.2) is 23.7 Å². The first-order chi connectivity index (χ1) is 13.6. The lowest BCUT2D eigenvalue weighted by atomic mass is 10.0. The van der Waals surface area contributed by atoms with Crippen molar-refractivity contribution in [2.45, 2.75) is 12.6 Å². The standard InChI is InChI=1S/C23H19NO4/c25-21(18-12-6-2-7-13-18)20(24-22(26)19-14-8-3-9-15-19)23(27)28-16-17-10-4-1-5-11-17/h1-15,20H,16H2,(H,24,26). The number of ketones is 1. The van der Waals surface area contributed by atoms with Crippen molar-refractivity contribution in [3.63, 3.8) is 0 Å². The molecule has 5 nitrogen and oxygen atoms in total. The second-order valence-corrected chi connectivity index (χ2v) is 6.10. The minimum atomic E-state index is -1.43. The van der Waals surface area contributed by atoms with Crippen LogP contribution in [0.15, 0.2) is 91.0 Å². The van der Waals surface area contributed by atoms with Gasteiger partial charge in [0.25, 0.3) is 5.91 Å². The Morgan fingerprint density at radius 3 is 1.79 bits per heavy atom. The van der Waals surface area contributed by atoms with Crippen LogP contribution in [0, 0.1) is 0 Å². The van der Waals surface area contributed by atoms with Crippen molar-refractivity contribution in [2.75, 3.05) is 0 Å². The Labute approximate surface area is 163 Å². The summed E-state index contributed by atoms with van der Waals surface area (Å²) in [6, 6.07) is 24.4. The van der Waals surface area contributed by atoms with E-state index in [1.807, 2.05) is 30.3 Å². The molecule has 0 spiro atoms. The lowest BCUT2D eigenvalue weighted by molar-refractivity contribution is -0.145. The maximum atomic E-state index is 12.8. The summed E-state index contributed by atoms with van der Waals surface area (Å²) in [6.45, 7) is 0.0133. The molecular formula is C23H19NO4. The SMILES string of the molecule is O=C(NC(C(=O)OCc1ccccc1)C(=O)c1ccccc1)c1ccccc1. The third-order valence-electron chi connectivity index (χ3n) is 4.09. The van der Waals surface area contributed by atoms with Gasteiger partial charge in [-0.1, -0.05) is 78.9 Å². The van der Waals surface area contributed by atoms with E-state index in [4.69, 9.17) is 4.74 Å². The molecule has 0 aliphatic rings. The van der Waals surface area contributed by atoms with Crippen molar-refractivity contribution < 1.29 is 19.1 Å². The molecule has 5 heteroatoms. The number of hydrogen-bond donors (Lipinski definition) is 1. The van der Waals surface area contributed by atoms with Gasteiger partial charge < -0.3 is 10.1 Å². The molecule has 0 aliphatic heterocycles. The first kappa shape index (κ1) is 19.0. The lowest BCUT2D eigenvalue weighted by Crippen LogP contribution is -2.47. The van der Waals surface area contributed by atoms with Gasteiger partial charge >= 0.3 is 5.97 Å². The molecule has 3 aromatic rings. The fourth-order valence-electron chi connectivity index (χ4n) is 2.62. The summed E-state index contributed by atoms with van der Waals surface area (Å²) < 4.78 is 5.30. The molecule has 1 atom stereocenters. The molecule has 3 rings (SSSR count). The molecule has 1 amide bonds. The number of nitrogens with one attached hydrogen (secondary N) is 1. The highest BCUT2D eigenvalue weighted by Gasteiger charge is 2.31. The zero-order valence-electron chi connectivity index (χ0n) is 15.1. The molecule has 0 bridgehead atoms. The predicted molar refractivity (Wildman–Crippen MR) is 105 cm³/mol. The van der Waals surface area contributed by atoms with E-state index in [-0.39, 0.29) is 6.61 Å². The summed E-state index contributed by atoms with van der Waals surface area (Å²) >= 11 is 0. The largest absolute Gasteiger partial charge is 0.459 e. The van der Waals surface area contributed by atoms with Crippen LogP contribution in [0.1, 0.15) is 26.3 Å². The second-order valence-electron chi connectivity index (χ2n) is 6.10. The van der Waals surface area contributed by atoms with Crippen LogP contribution in [0.4, 0.5) is 0 Å². The van der Waals surface area contributed by atoms with Crippen molar-refractivity contribution in [1.82, 2.24) is 5.32 Å². The van der Waals surface area contributed by atoms with Crippen LogP contribution in [0.2, 0.25) is 0 Å². The highest BCUT2D eigenvalue weighted by molar-refractivity contribution is 6.14. The third-order valence-corrected chi connectivity index (χ3v) is 4.09. The van der Waals surface area contributed by atoms with Crippen LogP contribution in [0.25, 0.3) is 0 Å². The number of ether oxygens (including phenoxy) is 1. The maximum absolute atomic E-state index is 12.8. The van der Waals surface area contributed by atoms with Crippen molar-refractivity contribution in [2.24, 2.45) is 0 Å². The molecule has 1 unspecified atom stereocenters. The van der Waals surface area contributed by atoms with Gasteiger partial charge in [-0.15, -0.1) is 0 Å². The summed E-state index contributed by atoms with van der Waals surface area (Å²) in [5.41, 5.74) is 1.46. The summed E-state index contributed by atoms with van der Waals surface area (Å²) in [5.74, 6) is -1.85. The number of carbonyl (C=O) groups is 3. The summed E-state index contributed by atoms with van der Waals surface area (Å²) in [5, 5.41) is 2.50. The molecule has 140 valence electrons. The summed E-state index contributed by atoms with van der Waals surface area (Å²) in [6.07, 6.45) is 0. The summed E-state index contributed by atoms with van der Waals surface area (Å²) in [4.78, 5) is 38.0. The molecule has 0 aliphatic carbocycles. The zero-order valence-corrected chi connectivity index (χ0v) is 15.1. The van der Waals surface area contributed by atoms with Crippen molar-refractivity contribution in [3.05, 3.63) is 108 Å². The maximum Gasteiger partial charge on any atom is 0.337 e. The van der Waals surface area contributed by atoms with Crippen molar-refractivity contribution >= 4 is 17.7 Å². The van der Waals surface area contributed by atoms with Gasteiger partial charge in [0, 0.05) is 11.1 Å². The zero-order chi connectivity index (χ0) is 19.8. The van der Waals surface area contributed by atoms with Gasteiger partial charge in [-0.2, -0.15) is 0 Å². The van der Waals surface area contributed by atoms with E-state index >= 15 is 0 Å². The van der Waals surface area contributed by atoms with Gasteiger partial charge in [0.15, 0.2) is 11.8 Å². The normalized spacial score (nSPS) is 11.3. The Morgan fingerprint density at radius 2 is 1.21 bits per heavy atom. The van der Waals surface area contributed by atoms with E-state index in [0.29, 0.717) is 11.1 Å². The van der Waals surface area contributed by atoms with Gasteiger partial charge in [0.1, 0.15) is 6.61 Å². The van der Waals surface area contributed by atoms with Crippen LogP contribution in [-0.2, 0) is 16.1 Å². The van der Waals surface area contributed by atoms with Gasteiger partial charge in [0.05, 0.1) is 0 Å². The predicted octanol–water partition coefficient (Wildman–Crippen LogP) is 3.41. The Balaban J connectivity index is 1.78. The Hall–Kier alpha value is -3.73. The number of rotatable bonds is 7. The minimum absolute atomic E-state index is 0.0133. The smallest absolute Gasteiger partial charge is 0.337 e. The van der Waals surface area contributed by atoms with E-state index < -0.39 is 23.7 Å². The highest BCUT2D eigenvalue weighted by Crippen LogP contribution is 2.09. The first-order valence-electron chi connectivity index (χ1n) is 8.81. The molecule has 3 aromatic carbocycles. The van der Waals surface area contributed by atoms with E-state index in [2.05, 4.69) is 5.32 Å². The molecule has 0 radical (unpaired) electrons. The minimum Gasteiger partial charge on any atom is -0.459 e. The van der Waals surface area contributed by atoms with Gasteiger partial charge in [-0.25, -0.2) is 4.79 Å². The van der Waals surface area contributed by atoms with E-state index in [1.54, 1.807) is 60.7 Å². The molecule has 1 N–H and O–H groups in total. The lowest BCUT2D eigenvalue weighted by Gasteiger charge is -2.17. The van der Waals surface area contributed by atoms with Gasteiger partial charge in [0.2, 0.25) is 0 Å². The average Bonchev–Trinajstić information content (AvgIpc) is 2.77. The first-order valence-corrected chi connectivity index (χ1v) is 8.81. The highest BCUT2D eigenvalue weighted by atomic mass is 16.5. The van der Waals surface area contributed by atoms with Crippen LogP contribution in [0.3, 0.4) is 0 Å². The van der Waals surface area contributed by atoms with Crippen LogP contribution < -0.4 is 5.32 Å². The molecule has 0 heterocycles. The molecule has 0 fully saturated rings. The number of Topliss-reactive ketones (excluding diaryl/α,β-unsaturated/α-hetero) is 1. The van der Waals surface area contributed by atoms with Crippen LogP contribution in [0.5, 0.6) is 0 Å². The van der Waals surface area contributed by atoms with Gasteiger partial charge in [-0.3, -0.25) is 9.59 Å². The second kappa shape index (κ2) is 9.28. The quantitative estimate of drug-likeness (QED) is 0.391. The fourth-order valence-corrected chi connectivity index (χ4v) is 2.62.